The lowest BCUT2D eigenvalue weighted by Gasteiger charge is -2.09. The molecule has 0 unspecified atom stereocenters. The van der Waals surface area contributed by atoms with Crippen LogP contribution in [0.1, 0.15) is 31.8 Å². The van der Waals surface area contributed by atoms with Crippen molar-refractivity contribution in [2.45, 2.75) is 6.18 Å². The van der Waals surface area contributed by atoms with Crippen LogP contribution in [0.2, 0.25) is 0 Å². The first-order valence-corrected chi connectivity index (χ1v) is 7.80. The van der Waals surface area contributed by atoms with Gasteiger partial charge in [-0.2, -0.15) is 18.4 Å². The number of hydrogen-bond acceptors (Lipinski definition) is 5. The average Bonchev–Trinajstić information content (AvgIpc) is 2.67. The van der Waals surface area contributed by atoms with Gasteiger partial charge in [0.25, 0.3) is 5.91 Å². The fourth-order valence-electron chi connectivity index (χ4n) is 2.21. The van der Waals surface area contributed by atoms with Gasteiger partial charge >= 0.3 is 12.1 Å². The van der Waals surface area contributed by atoms with Gasteiger partial charge in [0.1, 0.15) is 5.70 Å². The molecule has 7 nitrogen and oxygen atoms in total. The minimum absolute atomic E-state index is 0.0568. The first-order chi connectivity index (χ1) is 13.5. The fraction of sp³-hybridized carbons (Fsp3) is 0.0526. The molecule has 2 aromatic carbocycles. The Morgan fingerprint density at radius 1 is 1.10 bits per heavy atom. The van der Waals surface area contributed by atoms with Gasteiger partial charge in [0.2, 0.25) is 0 Å². The standard InChI is InChI=1S/C19H12F3N3O4/c20-19(21,22)12-4-2-11(3-5-12)16(26)8-14(24)17(27)25-15-6-1-10(9-23)7-13(15)18(28)29/h1-8H,24H2,(H,25,27)(H,28,29). The highest BCUT2D eigenvalue weighted by Crippen LogP contribution is 2.29. The van der Waals surface area contributed by atoms with Gasteiger partial charge in [-0.05, 0) is 30.3 Å². The first-order valence-electron chi connectivity index (χ1n) is 7.80. The number of benzene rings is 2. The zero-order valence-corrected chi connectivity index (χ0v) is 14.4. The molecule has 0 heterocycles. The van der Waals surface area contributed by atoms with Gasteiger partial charge in [-0.1, -0.05) is 12.1 Å². The number of nitrogens with zero attached hydrogens (tertiary/aromatic N) is 1. The quantitative estimate of drug-likeness (QED) is 0.519. The Labute approximate surface area is 161 Å². The van der Waals surface area contributed by atoms with Crippen LogP contribution in [0.25, 0.3) is 0 Å². The number of carboxylic acids is 1. The molecule has 0 bridgehead atoms. The number of hydrogen-bond donors (Lipinski definition) is 3. The Kier molecular flexibility index (Phi) is 6.03. The third kappa shape index (κ3) is 5.20. The number of nitrogens with two attached hydrogens (primary N) is 1. The largest absolute Gasteiger partial charge is 0.478 e. The molecule has 0 aliphatic carbocycles. The molecule has 0 saturated heterocycles. The molecule has 1 amide bonds. The maximum absolute atomic E-state index is 12.6. The van der Waals surface area contributed by atoms with Crippen LogP contribution in [-0.4, -0.2) is 22.8 Å². The normalized spacial score (nSPS) is 11.4. The van der Waals surface area contributed by atoms with Crippen LogP contribution in [0, 0.1) is 11.3 Å². The van der Waals surface area contributed by atoms with Crippen LogP contribution >= 0.6 is 0 Å². The molecule has 0 atom stereocenters. The van der Waals surface area contributed by atoms with Crippen molar-refractivity contribution in [2.75, 3.05) is 5.32 Å². The van der Waals surface area contributed by atoms with Crippen molar-refractivity contribution in [1.82, 2.24) is 0 Å². The minimum Gasteiger partial charge on any atom is -0.478 e. The molecule has 29 heavy (non-hydrogen) atoms. The van der Waals surface area contributed by atoms with E-state index in [4.69, 9.17) is 11.0 Å². The molecular weight excluding hydrogens is 391 g/mol. The van der Waals surface area contributed by atoms with Crippen LogP contribution in [0.5, 0.6) is 0 Å². The van der Waals surface area contributed by atoms with Gasteiger partial charge in [0.15, 0.2) is 5.78 Å². The number of allylic oxidation sites excluding steroid dienone is 1. The molecular formula is C19H12F3N3O4. The first kappa shape index (κ1) is 21.2. The zero-order valence-electron chi connectivity index (χ0n) is 14.4. The van der Waals surface area contributed by atoms with Crippen molar-refractivity contribution in [3.05, 3.63) is 76.5 Å². The highest BCUT2D eigenvalue weighted by molar-refractivity contribution is 6.13. The Morgan fingerprint density at radius 2 is 1.72 bits per heavy atom. The predicted molar refractivity (Wildman–Crippen MR) is 94.8 cm³/mol. The van der Waals surface area contributed by atoms with Gasteiger partial charge in [-0.3, -0.25) is 9.59 Å². The Balaban J connectivity index is 2.20. The zero-order chi connectivity index (χ0) is 21.8. The van der Waals surface area contributed by atoms with E-state index in [1.165, 1.54) is 12.1 Å². The van der Waals surface area contributed by atoms with Crippen molar-refractivity contribution in [1.29, 1.82) is 5.26 Å². The van der Waals surface area contributed by atoms with E-state index in [-0.39, 0.29) is 22.4 Å². The monoisotopic (exact) mass is 403 g/mol. The van der Waals surface area contributed by atoms with Crippen LogP contribution in [0.4, 0.5) is 18.9 Å². The number of amides is 1. The van der Waals surface area contributed by atoms with Crippen LogP contribution in [-0.2, 0) is 11.0 Å². The summed E-state index contributed by atoms with van der Waals surface area (Å²) in [6, 6.07) is 8.57. The molecule has 0 saturated carbocycles. The van der Waals surface area contributed by atoms with Crippen molar-refractivity contribution in [2.24, 2.45) is 5.73 Å². The summed E-state index contributed by atoms with van der Waals surface area (Å²) in [5.74, 6) is -3.22. The maximum Gasteiger partial charge on any atom is 0.416 e. The Morgan fingerprint density at radius 3 is 2.24 bits per heavy atom. The lowest BCUT2D eigenvalue weighted by Crippen LogP contribution is -2.22. The van der Waals surface area contributed by atoms with Gasteiger partial charge in [0.05, 0.1) is 28.4 Å². The third-order valence-corrected chi connectivity index (χ3v) is 3.67. The van der Waals surface area contributed by atoms with Crippen LogP contribution in [0.3, 0.4) is 0 Å². The summed E-state index contributed by atoms with van der Waals surface area (Å²) in [4.78, 5) is 35.5. The molecule has 10 heteroatoms. The van der Waals surface area contributed by atoms with Crippen molar-refractivity contribution >= 4 is 23.3 Å². The second kappa shape index (κ2) is 8.26. The number of alkyl halides is 3. The number of carbonyl (C=O) groups excluding carboxylic acids is 2. The average molecular weight is 403 g/mol. The summed E-state index contributed by atoms with van der Waals surface area (Å²) in [6.07, 6.45) is -3.85. The lowest BCUT2D eigenvalue weighted by atomic mass is 10.1. The van der Waals surface area contributed by atoms with Gasteiger partial charge in [-0.15, -0.1) is 0 Å². The van der Waals surface area contributed by atoms with Crippen molar-refractivity contribution < 1.29 is 32.7 Å². The number of aromatic carboxylic acids is 1. The van der Waals surface area contributed by atoms with Crippen LogP contribution < -0.4 is 11.1 Å². The summed E-state index contributed by atoms with van der Waals surface area (Å²) in [5.41, 5.74) is 3.42. The summed E-state index contributed by atoms with van der Waals surface area (Å²) in [7, 11) is 0. The van der Waals surface area contributed by atoms with E-state index in [2.05, 4.69) is 5.32 Å². The van der Waals surface area contributed by atoms with E-state index in [0.29, 0.717) is 18.2 Å². The lowest BCUT2D eigenvalue weighted by molar-refractivity contribution is -0.137. The second-order valence-electron chi connectivity index (χ2n) is 5.67. The number of ketones is 1. The summed E-state index contributed by atoms with van der Waals surface area (Å²) in [5, 5.41) is 20.2. The molecule has 0 spiro atoms. The van der Waals surface area contributed by atoms with Crippen molar-refractivity contribution in [3.63, 3.8) is 0 Å². The molecule has 0 radical (unpaired) electrons. The number of halogens is 3. The topological polar surface area (TPSA) is 133 Å². The van der Waals surface area contributed by atoms with E-state index in [9.17, 15) is 32.7 Å². The fourth-order valence-corrected chi connectivity index (χ4v) is 2.21. The van der Waals surface area contributed by atoms with Gasteiger partial charge in [-0.25, -0.2) is 4.79 Å². The SMILES string of the molecule is N#Cc1ccc(NC(=O)C(N)=CC(=O)c2ccc(C(F)(F)F)cc2)c(C(=O)O)c1. The number of nitriles is 1. The van der Waals surface area contributed by atoms with E-state index >= 15 is 0 Å². The van der Waals surface area contributed by atoms with Crippen molar-refractivity contribution in [3.8, 4) is 6.07 Å². The number of carbonyl (C=O) groups is 3. The molecule has 0 aromatic heterocycles. The highest BCUT2D eigenvalue weighted by Gasteiger charge is 2.30. The van der Waals surface area contributed by atoms with E-state index in [1.807, 2.05) is 0 Å². The summed E-state index contributed by atoms with van der Waals surface area (Å²) < 4.78 is 37.7. The predicted octanol–water partition coefficient (Wildman–Crippen LogP) is 2.94. The minimum atomic E-state index is -4.56. The highest BCUT2D eigenvalue weighted by atomic mass is 19.4. The number of carboxylic acid groups (broad SMARTS) is 1. The summed E-state index contributed by atoms with van der Waals surface area (Å²) >= 11 is 0. The van der Waals surface area contributed by atoms with Gasteiger partial charge in [0, 0.05) is 11.6 Å². The third-order valence-electron chi connectivity index (χ3n) is 3.67. The van der Waals surface area contributed by atoms with Gasteiger partial charge < -0.3 is 16.2 Å². The molecule has 0 fully saturated rings. The number of anilines is 1. The van der Waals surface area contributed by atoms with E-state index < -0.39 is 35.1 Å². The summed E-state index contributed by atoms with van der Waals surface area (Å²) in [6.45, 7) is 0. The van der Waals surface area contributed by atoms with E-state index in [0.717, 1.165) is 18.2 Å². The van der Waals surface area contributed by atoms with E-state index in [1.54, 1.807) is 6.07 Å². The maximum atomic E-state index is 12.6. The molecule has 148 valence electrons. The Bertz CT molecular complexity index is 1050. The molecule has 4 N–H and O–H groups in total. The Hall–Kier alpha value is -4.13. The smallest absolute Gasteiger partial charge is 0.416 e. The molecule has 0 aliphatic rings. The van der Waals surface area contributed by atoms with Crippen LogP contribution in [0.15, 0.2) is 54.2 Å². The number of rotatable bonds is 5. The number of nitrogens with one attached hydrogen (secondary N) is 1. The molecule has 2 rings (SSSR count). The second-order valence-corrected chi connectivity index (χ2v) is 5.67. The molecule has 0 aliphatic heterocycles. The molecule has 2 aromatic rings.